The first kappa shape index (κ1) is 27.0. The predicted molar refractivity (Wildman–Crippen MR) is 141 cm³/mol. The maximum Gasteiger partial charge on any atom is 0.387 e. The number of hydrogen-bond acceptors (Lipinski definition) is 7. The third kappa shape index (κ3) is 6.85. The molecule has 198 valence electrons. The number of pyridine rings is 1. The van der Waals surface area contributed by atoms with E-state index in [9.17, 15) is 13.6 Å². The third-order valence-electron chi connectivity index (χ3n) is 6.30. The highest BCUT2D eigenvalue weighted by molar-refractivity contribution is 7.81. The summed E-state index contributed by atoms with van der Waals surface area (Å²) in [5.41, 5.74) is 1.85. The van der Waals surface area contributed by atoms with Crippen molar-refractivity contribution in [1.82, 2.24) is 20.5 Å². The summed E-state index contributed by atoms with van der Waals surface area (Å²) < 4.78 is 36.5. The Balaban J connectivity index is 1.50. The summed E-state index contributed by atoms with van der Waals surface area (Å²) in [6.45, 7) is -0.633. The Kier molecular flexibility index (Phi) is 9.12. The van der Waals surface area contributed by atoms with Crippen LogP contribution in [0.15, 0.2) is 47.9 Å². The lowest BCUT2D eigenvalue weighted by molar-refractivity contribution is -0.117. The Hall–Kier alpha value is -3.02. The van der Waals surface area contributed by atoms with Crippen LogP contribution in [0.3, 0.4) is 0 Å². The highest BCUT2D eigenvalue weighted by Crippen LogP contribution is 2.35. The second kappa shape index (κ2) is 12.5. The SMILES string of the molecule is CN1CCC[C@H]1COc1cnccc1CNC1=C(C(=S)Nc2cccc(Cl)c2OC(F)F)C(=O)NCC1. The molecule has 3 heterocycles. The molecule has 3 N–H and O–H groups in total. The summed E-state index contributed by atoms with van der Waals surface area (Å²) in [5.74, 6) is 0.0468. The van der Waals surface area contributed by atoms with Crippen molar-refractivity contribution >= 4 is 40.4 Å². The van der Waals surface area contributed by atoms with Crippen LogP contribution in [0.5, 0.6) is 11.5 Å². The molecule has 1 aromatic heterocycles. The van der Waals surface area contributed by atoms with Gasteiger partial charge < -0.3 is 30.3 Å². The van der Waals surface area contributed by atoms with E-state index in [4.69, 9.17) is 28.6 Å². The second-order valence-electron chi connectivity index (χ2n) is 8.73. The van der Waals surface area contributed by atoms with Crippen LogP contribution >= 0.6 is 23.8 Å². The number of aromatic nitrogens is 1. The predicted octanol–water partition coefficient (Wildman–Crippen LogP) is 4.11. The fourth-order valence-corrected chi connectivity index (χ4v) is 4.88. The van der Waals surface area contributed by atoms with Crippen molar-refractivity contribution in [2.24, 2.45) is 0 Å². The number of halogens is 3. The molecule has 0 aliphatic carbocycles. The molecular formula is C25H28ClF2N5O3S. The lowest BCUT2D eigenvalue weighted by Crippen LogP contribution is -2.39. The molecule has 12 heteroatoms. The fraction of sp³-hybridized carbons (Fsp3) is 0.400. The van der Waals surface area contributed by atoms with Crippen LogP contribution in [0.2, 0.25) is 5.02 Å². The Morgan fingerprint density at radius 1 is 1.38 bits per heavy atom. The molecule has 0 unspecified atom stereocenters. The normalized spacial score (nSPS) is 18.1. The number of benzene rings is 1. The number of nitrogens with one attached hydrogen (secondary N) is 3. The van der Waals surface area contributed by atoms with Crippen molar-refractivity contribution in [2.75, 3.05) is 32.1 Å². The number of likely N-dealkylation sites (N-methyl/N-ethyl adjacent to an activating group) is 1. The lowest BCUT2D eigenvalue weighted by Gasteiger charge is -2.24. The van der Waals surface area contributed by atoms with Crippen LogP contribution in [0, 0.1) is 0 Å². The van der Waals surface area contributed by atoms with Gasteiger partial charge in [-0.25, -0.2) is 0 Å². The van der Waals surface area contributed by atoms with Gasteiger partial charge in [0.25, 0.3) is 5.91 Å². The number of thiocarbonyl (C=S) groups is 1. The van der Waals surface area contributed by atoms with Gasteiger partial charge in [-0.1, -0.05) is 29.9 Å². The van der Waals surface area contributed by atoms with E-state index in [1.165, 1.54) is 12.1 Å². The smallest absolute Gasteiger partial charge is 0.387 e. The summed E-state index contributed by atoms with van der Waals surface area (Å²) in [4.78, 5) is 19.3. The minimum atomic E-state index is -3.07. The van der Waals surface area contributed by atoms with Gasteiger partial charge >= 0.3 is 6.61 Å². The fourth-order valence-electron chi connectivity index (χ4n) is 4.33. The number of hydrogen-bond donors (Lipinski definition) is 3. The number of likely N-dealkylation sites (tertiary alicyclic amines) is 1. The third-order valence-corrected chi connectivity index (χ3v) is 6.91. The molecule has 4 rings (SSSR count). The minimum absolute atomic E-state index is 0.0115. The molecule has 1 aromatic carbocycles. The highest BCUT2D eigenvalue weighted by Gasteiger charge is 2.26. The van der Waals surface area contributed by atoms with E-state index in [2.05, 4.69) is 37.6 Å². The number of ether oxygens (including phenoxy) is 2. The first-order chi connectivity index (χ1) is 17.8. The molecule has 1 atom stereocenters. The van der Waals surface area contributed by atoms with E-state index in [1.54, 1.807) is 18.5 Å². The van der Waals surface area contributed by atoms with Crippen molar-refractivity contribution in [1.29, 1.82) is 0 Å². The number of carbonyl (C=O) groups is 1. The summed E-state index contributed by atoms with van der Waals surface area (Å²) in [7, 11) is 2.10. The highest BCUT2D eigenvalue weighted by atomic mass is 35.5. The van der Waals surface area contributed by atoms with Gasteiger partial charge in [0.2, 0.25) is 0 Å². The molecule has 2 aliphatic heterocycles. The zero-order valence-electron chi connectivity index (χ0n) is 20.2. The van der Waals surface area contributed by atoms with Crippen LogP contribution < -0.4 is 25.4 Å². The van der Waals surface area contributed by atoms with E-state index < -0.39 is 6.61 Å². The molecule has 8 nitrogen and oxygen atoms in total. The summed E-state index contributed by atoms with van der Waals surface area (Å²) in [6, 6.07) is 6.71. The number of carbonyl (C=O) groups excluding carboxylic acids is 1. The van der Waals surface area contributed by atoms with Crippen molar-refractivity contribution in [3.8, 4) is 11.5 Å². The molecule has 37 heavy (non-hydrogen) atoms. The van der Waals surface area contributed by atoms with Gasteiger partial charge in [0.05, 0.1) is 22.5 Å². The first-order valence-electron chi connectivity index (χ1n) is 11.9. The van der Waals surface area contributed by atoms with Gasteiger partial charge in [-0.05, 0) is 44.6 Å². The molecule has 2 aliphatic rings. The monoisotopic (exact) mass is 551 g/mol. The number of alkyl halides is 2. The van der Waals surface area contributed by atoms with E-state index in [0.717, 1.165) is 24.9 Å². The van der Waals surface area contributed by atoms with Crippen molar-refractivity contribution in [2.45, 2.75) is 38.5 Å². The van der Waals surface area contributed by atoms with Crippen LogP contribution in [0.1, 0.15) is 24.8 Å². The Bertz CT molecular complexity index is 1180. The van der Waals surface area contributed by atoms with Gasteiger partial charge in [0.1, 0.15) is 17.3 Å². The van der Waals surface area contributed by atoms with E-state index in [1.807, 2.05) is 6.07 Å². The number of nitrogens with zero attached hydrogens (tertiary/aromatic N) is 2. The van der Waals surface area contributed by atoms with Crippen LogP contribution in [0.4, 0.5) is 14.5 Å². The average Bonchev–Trinajstić information content (AvgIpc) is 3.28. The lowest BCUT2D eigenvalue weighted by atomic mass is 10.1. The van der Waals surface area contributed by atoms with Crippen molar-refractivity contribution in [3.05, 3.63) is 58.5 Å². The summed E-state index contributed by atoms with van der Waals surface area (Å²) >= 11 is 11.5. The second-order valence-corrected chi connectivity index (χ2v) is 9.55. The van der Waals surface area contributed by atoms with Crippen LogP contribution in [0.25, 0.3) is 0 Å². The molecule has 2 aromatic rings. The summed E-state index contributed by atoms with van der Waals surface area (Å²) in [6.07, 6.45) is 6.13. The van der Waals surface area contributed by atoms with Gasteiger partial charge in [0, 0.05) is 43.0 Å². The molecule has 1 saturated heterocycles. The molecule has 1 amide bonds. The Morgan fingerprint density at radius 2 is 2.22 bits per heavy atom. The van der Waals surface area contributed by atoms with Crippen molar-refractivity contribution < 1.29 is 23.0 Å². The van der Waals surface area contributed by atoms with Crippen LogP contribution in [-0.2, 0) is 11.3 Å². The topological polar surface area (TPSA) is 87.8 Å². The van der Waals surface area contributed by atoms with Crippen molar-refractivity contribution in [3.63, 3.8) is 0 Å². The minimum Gasteiger partial charge on any atom is -0.490 e. The van der Waals surface area contributed by atoms with Crippen LogP contribution in [-0.4, -0.2) is 60.2 Å². The molecule has 0 saturated carbocycles. The Morgan fingerprint density at radius 3 is 2.97 bits per heavy atom. The Labute approximate surface area is 224 Å². The summed E-state index contributed by atoms with van der Waals surface area (Å²) in [5, 5.41) is 8.92. The molecule has 0 spiro atoms. The van der Waals surface area contributed by atoms with E-state index in [-0.39, 0.29) is 32.9 Å². The molecule has 1 fully saturated rings. The zero-order valence-corrected chi connectivity index (χ0v) is 21.8. The maximum absolute atomic E-state index is 12.9. The molecule has 0 radical (unpaired) electrons. The van der Waals surface area contributed by atoms with Gasteiger partial charge in [-0.2, -0.15) is 8.78 Å². The van der Waals surface area contributed by atoms with Gasteiger partial charge in [-0.3, -0.25) is 9.78 Å². The van der Waals surface area contributed by atoms with Gasteiger partial charge in [-0.15, -0.1) is 0 Å². The first-order valence-corrected chi connectivity index (χ1v) is 12.7. The number of anilines is 1. The van der Waals surface area contributed by atoms with Gasteiger partial charge in [0.15, 0.2) is 5.75 Å². The van der Waals surface area contributed by atoms with E-state index in [0.29, 0.717) is 43.6 Å². The average molecular weight is 552 g/mol. The number of rotatable bonds is 10. The maximum atomic E-state index is 12.9. The number of para-hydroxylation sites is 1. The number of amides is 1. The quantitative estimate of drug-likeness (QED) is 0.380. The standard InChI is InChI=1S/C25H28ClF2N5O3S/c1-33-11-3-4-16(33)14-35-20-13-29-9-7-15(20)12-31-18-8-10-30-23(34)21(18)24(37)32-19-6-2-5-17(26)22(19)36-25(27)28/h2,5-7,9,13,16,25,31H,3-4,8,10-12,14H2,1H3,(H,30,34)(H,32,37)/t16-/m0/s1. The largest absolute Gasteiger partial charge is 0.490 e. The zero-order chi connectivity index (χ0) is 26.4. The van der Waals surface area contributed by atoms with E-state index >= 15 is 0 Å². The molecular weight excluding hydrogens is 524 g/mol. The molecule has 0 bridgehead atoms.